The summed E-state index contributed by atoms with van der Waals surface area (Å²) < 4.78 is 2.20. The first-order valence-corrected chi connectivity index (χ1v) is 9.64. The summed E-state index contributed by atoms with van der Waals surface area (Å²) in [5.41, 5.74) is 1.26. The SMILES string of the molecule is CC(C)C(=O)Nc1ccc(C(=O)NCCc2nnc3n2CCCCC3)cc1. The van der Waals surface area contributed by atoms with E-state index in [0.29, 0.717) is 24.2 Å². The van der Waals surface area contributed by atoms with Crippen molar-refractivity contribution in [3.63, 3.8) is 0 Å². The number of fused-ring (bicyclic) bond motifs is 1. The summed E-state index contributed by atoms with van der Waals surface area (Å²) in [6.45, 7) is 5.16. The average Bonchev–Trinajstić information content (AvgIpc) is 2.88. The number of carbonyl (C=O) groups is 2. The highest BCUT2D eigenvalue weighted by atomic mass is 16.2. The van der Waals surface area contributed by atoms with Crippen molar-refractivity contribution in [2.45, 2.75) is 52.5 Å². The molecule has 0 fully saturated rings. The minimum absolute atomic E-state index is 0.0420. The molecule has 0 unspecified atom stereocenters. The zero-order chi connectivity index (χ0) is 19.2. The normalized spacial score (nSPS) is 13.7. The summed E-state index contributed by atoms with van der Waals surface area (Å²) >= 11 is 0. The lowest BCUT2D eigenvalue weighted by molar-refractivity contribution is -0.118. The molecule has 2 amide bonds. The van der Waals surface area contributed by atoms with Gasteiger partial charge in [0.1, 0.15) is 11.6 Å². The van der Waals surface area contributed by atoms with Crippen LogP contribution in [0.5, 0.6) is 0 Å². The van der Waals surface area contributed by atoms with Crippen LogP contribution in [0.3, 0.4) is 0 Å². The second-order valence-electron chi connectivity index (χ2n) is 7.22. The van der Waals surface area contributed by atoms with Gasteiger partial charge in [0.05, 0.1) is 0 Å². The minimum Gasteiger partial charge on any atom is -0.352 e. The lowest BCUT2D eigenvalue weighted by Gasteiger charge is -2.09. The third-order valence-electron chi connectivity index (χ3n) is 4.76. The first-order chi connectivity index (χ1) is 13.0. The quantitative estimate of drug-likeness (QED) is 0.819. The fraction of sp³-hybridized carbons (Fsp3) is 0.500. The Hall–Kier alpha value is -2.70. The summed E-state index contributed by atoms with van der Waals surface area (Å²) in [5, 5.41) is 14.3. The number of nitrogens with zero attached hydrogens (tertiary/aromatic N) is 3. The molecule has 0 saturated heterocycles. The van der Waals surface area contributed by atoms with Crippen molar-refractivity contribution in [3.8, 4) is 0 Å². The molecule has 27 heavy (non-hydrogen) atoms. The fourth-order valence-electron chi connectivity index (χ4n) is 3.11. The molecule has 0 atom stereocenters. The molecular weight excluding hydrogens is 342 g/mol. The highest BCUT2D eigenvalue weighted by molar-refractivity contribution is 5.96. The molecule has 1 aliphatic rings. The summed E-state index contributed by atoms with van der Waals surface area (Å²) in [6, 6.07) is 6.92. The topological polar surface area (TPSA) is 88.9 Å². The van der Waals surface area contributed by atoms with Gasteiger partial charge in [-0.2, -0.15) is 0 Å². The number of hydrogen-bond acceptors (Lipinski definition) is 4. The number of anilines is 1. The molecule has 7 nitrogen and oxygen atoms in total. The summed E-state index contributed by atoms with van der Waals surface area (Å²) in [7, 11) is 0. The van der Waals surface area contributed by atoms with E-state index in [-0.39, 0.29) is 17.7 Å². The van der Waals surface area contributed by atoms with Gasteiger partial charge < -0.3 is 15.2 Å². The number of carbonyl (C=O) groups excluding carboxylic acids is 2. The van der Waals surface area contributed by atoms with Gasteiger partial charge in [-0.05, 0) is 37.1 Å². The molecule has 0 spiro atoms. The molecule has 2 aromatic rings. The summed E-state index contributed by atoms with van der Waals surface area (Å²) in [5.74, 6) is 1.75. The summed E-state index contributed by atoms with van der Waals surface area (Å²) in [6.07, 6.45) is 5.21. The van der Waals surface area contributed by atoms with Crippen molar-refractivity contribution in [2.75, 3.05) is 11.9 Å². The van der Waals surface area contributed by atoms with Gasteiger partial charge in [-0.1, -0.05) is 20.3 Å². The second kappa shape index (κ2) is 8.79. The predicted molar refractivity (Wildman–Crippen MR) is 104 cm³/mol. The number of nitrogens with one attached hydrogen (secondary N) is 2. The van der Waals surface area contributed by atoms with Crippen LogP contribution in [0, 0.1) is 5.92 Å². The zero-order valence-corrected chi connectivity index (χ0v) is 16.0. The van der Waals surface area contributed by atoms with Crippen LogP contribution < -0.4 is 10.6 Å². The van der Waals surface area contributed by atoms with E-state index in [1.807, 2.05) is 13.8 Å². The lowest BCUT2D eigenvalue weighted by atomic mass is 10.1. The monoisotopic (exact) mass is 369 g/mol. The highest BCUT2D eigenvalue weighted by Gasteiger charge is 2.15. The van der Waals surface area contributed by atoms with Crippen LogP contribution in [-0.4, -0.2) is 33.1 Å². The second-order valence-corrected chi connectivity index (χ2v) is 7.22. The Morgan fingerprint density at radius 2 is 1.89 bits per heavy atom. The van der Waals surface area contributed by atoms with E-state index in [1.54, 1.807) is 24.3 Å². The molecule has 1 aromatic carbocycles. The first kappa shape index (κ1) is 19.1. The number of amides is 2. The van der Waals surface area contributed by atoms with E-state index >= 15 is 0 Å². The van der Waals surface area contributed by atoms with Crippen LogP contribution in [0.2, 0.25) is 0 Å². The molecule has 2 heterocycles. The highest BCUT2D eigenvalue weighted by Crippen LogP contribution is 2.15. The van der Waals surface area contributed by atoms with Crippen molar-refractivity contribution in [3.05, 3.63) is 41.5 Å². The first-order valence-electron chi connectivity index (χ1n) is 9.64. The molecule has 144 valence electrons. The molecule has 0 radical (unpaired) electrons. The smallest absolute Gasteiger partial charge is 0.251 e. The van der Waals surface area contributed by atoms with Crippen LogP contribution >= 0.6 is 0 Å². The van der Waals surface area contributed by atoms with E-state index in [0.717, 1.165) is 31.0 Å². The number of aromatic nitrogens is 3. The van der Waals surface area contributed by atoms with Gasteiger partial charge in [-0.25, -0.2) is 0 Å². The average molecular weight is 369 g/mol. The maximum Gasteiger partial charge on any atom is 0.251 e. The zero-order valence-electron chi connectivity index (χ0n) is 16.0. The molecule has 0 aliphatic carbocycles. The third kappa shape index (κ3) is 4.93. The van der Waals surface area contributed by atoms with Crippen LogP contribution in [-0.2, 0) is 24.2 Å². The third-order valence-corrected chi connectivity index (χ3v) is 4.76. The van der Waals surface area contributed by atoms with Crippen molar-refractivity contribution >= 4 is 17.5 Å². The van der Waals surface area contributed by atoms with Gasteiger partial charge in [0.2, 0.25) is 5.91 Å². The Bertz CT molecular complexity index is 795. The lowest BCUT2D eigenvalue weighted by Crippen LogP contribution is -2.26. The molecule has 7 heteroatoms. The van der Waals surface area contributed by atoms with Gasteiger partial charge in [0, 0.05) is 43.1 Å². The molecule has 1 aromatic heterocycles. The Balaban J connectivity index is 1.51. The molecular formula is C20H27N5O2. The van der Waals surface area contributed by atoms with Crippen LogP contribution in [0.15, 0.2) is 24.3 Å². The number of benzene rings is 1. The van der Waals surface area contributed by atoms with Crippen LogP contribution in [0.4, 0.5) is 5.69 Å². The van der Waals surface area contributed by atoms with Gasteiger partial charge >= 0.3 is 0 Å². The molecule has 0 saturated carbocycles. The van der Waals surface area contributed by atoms with Crippen molar-refractivity contribution in [2.24, 2.45) is 5.92 Å². The van der Waals surface area contributed by atoms with Crippen molar-refractivity contribution < 1.29 is 9.59 Å². The molecule has 1 aliphatic heterocycles. The minimum atomic E-state index is -0.132. The van der Waals surface area contributed by atoms with E-state index in [1.165, 1.54) is 12.8 Å². The Morgan fingerprint density at radius 3 is 2.63 bits per heavy atom. The van der Waals surface area contributed by atoms with E-state index < -0.39 is 0 Å². The van der Waals surface area contributed by atoms with Gasteiger partial charge in [0.15, 0.2) is 0 Å². The fourth-order valence-corrected chi connectivity index (χ4v) is 3.11. The molecule has 0 bridgehead atoms. The van der Waals surface area contributed by atoms with E-state index in [9.17, 15) is 9.59 Å². The van der Waals surface area contributed by atoms with Crippen LogP contribution in [0.1, 0.15) is 55.1 Å². The molecule has 2 N–H and O–H groups in total. The van der Waals surface area contributed by atoms with Crippen molar-refractivity contribution in [1.82, 2.24) is 20.1 Å². The molecule has 3 rings (SSSR count). The number of hydrogen-bond donors (Lipinski definition) is 2. The van der Waals surface area contributed by atoms with Crippen molar-refractivity contribution in [1.29, 1.82) is 0 Å². The van der Waals surface area contributed by atoms with Gasteiger partial charge in [-0.15, -0.1) is 10.2 Å². The van der Waals surface area contributed by atoms with Gasteiger partial charge in [-0.3, -0.25) is 9.59 Å². The Labute approximate surface area is 159 Å². The van der Waals surface area contributed by atoms with E-state index in [2.05, 4.69) is 25.4 Å². The number of aryl methyl sites for hydroxylation is 1. The van der Waals surface area contributed by atoms with Crippen LogP contribution in [0.25, 0.3) is 0 Å². The summed E-state index contributed by atoms with van der Waals surface area (Å²) in [4.78, 5) is 24.0. The Kier molecular flexibility index (Phi) is 6.21. The maximum atomic E-state index is 12.3. The maximum absolute atomic E-state index is 12.3. The standard InChI is InChI=1S/C20H27N5O2/c1-14(2)19(26)22-16-9-7-15(8-10-16)20(27)21-12-11-18-24-23-17-6-4-3-5-13-25(17)18/h7-10,14H,3-6,11-13H2,1-2H3,(H,21,27)(H,22,26). The van der Waals surface area contributed by atoms with Gasteiger partial charge in [0.25, 0.3) is 5.91 Å². The predicted octanol–water partition coefficient (Wildman–Crippen LogP) is 2.57. The van der Waals surface area contributed by atoms with E-state index in [4.69, 9.17) is 0 Å². The largest absolute Gasteiger partial charge is 0.352 e. The Morgan fingerprint density at radius 1 is 1.11 bits per heavy atom. The number of rotatable bonds is 6.